The van der Waals surface area contributed by atoms with Crippen LogP contribution in [-0.2, 0) is 34.3 Å². The summed E-state index contributed by atoms with van der Waals surface area (Å²) in [5, 5.41) is 6.64. The fourth-order valence-electron chi connectivity index (χ4n) is 2.19. The highest BCUT2D eigenvalue weighted by Gasteiger charge is 2.14. The zero-order valence-electron chi connectivity index (χ0n) is 14.2. The van der Waals surface area contributed by atoms with Crippen molar-refractivity contribution in [3.63, 3.8) is 0 Å². The van der Waals surface area contributed by atoms with Gasteiger partial charge in [-0.3, -0.25) is 9.00 Å². The molecule has 0 bridgehead atoms. The van der Waals surface area contributed by atoms with Gasteiger partial charge in [-0.25, -0.2) is 0 Å². The number of aryl methyl sites for hydroxylation is 1. The lowest BCUT2D eigenvalue weighted by Crippen LogP contribution is -2.28. The monoisotopic (exact) mass is 349 g/mol. The van der Waals surface area contributed by atoms with E-state index in [0.29, 0.717) is 30.6 Å². The molecule has 1 heterocycles. The van der Waals surface area contributed by atoms with Crippen molar-refractivity contribution < 1.29 is 13.5 Å². The Morgan fingerprint density at radius 3 is 2.79 bits per heavy atom. The van der Waals surface area contributed by atoms with Gasteiger partial charge in [0.1, 0.15) is 11.5 Å². The SMILES string of the molecule is Cc1ccccc1CNC(=O)C[S@@](=O)Cc1nc(CC(C)C)no1. The molecule has 2 rings (SSSR count). The van der Waals surface area contributed by atoms with E-state index in [4.69, 9.17) is 4.52 Å². The Morgan fingerprint density at radius 2 is 2.08 bits per heavy atom. The molecule has 0 aliphatic carbocycles. The third kappa shape index (κ3) is 5.88. The summed E-state index contributed by atoms with van der Waals surface area (Å²) in [6.07, 6.45) is 0.715. The summed E-state index contributed by atoms with van der Waals surface area (Å²) in [7, 11) is -1.37. The molecule has 0 fully saturated rings. The second-order valence-electron chi connectivity index (χ2n) is 6.13. The maximum Gasteiger partial charge on any atom is 0.239 e. The molecule has 0 spiro atoms. The number of carbonyl (C=O) groups is 1. The molecule has 130 valence electrons. The molecular weight excluding hydrogens is 326 g/mol. The number of hydrogen-bond acceptors (Lipinski definition) is 5. The first-order valence-electron chi connectivity index (χ1n) is 7.91. The molecule has 0 aliphatic rings. The predicted octanol–water partition coefficient (Wildman–Crippen LogP) is 2.14. The van der Waals surface area contributed by atoms with Crippen molar-refractivity contribution in [1.29, 1.82) is 0 Å². The summed E-state index contributed by atoms with van der Waals surface area (Å²) >= 11 is 0. The molecule has 0 saturated heterocycles. The van der Waals surface area contributed by atoms with E-state index in [2.05, 4.69) is 29.3 Å². The van der Waals surface area contributed by atoms with Crippen molar-refractivity contribution >= 4 is 16.7 Å². The number of nitrogens with zero attached hydrogens (tertiary/aromatic N) is 2. The summed E-state index contributed by atoms with van der Waals surface area (Å²) in [6, 6.07) is 7.83. The van der Waals surface area contributed by atoms with E-state index < -0.39 is 10.8 Å². The Labute approximate surface area is 144 Å². The number of amides is 1. The summed E-state index contributed by atoms with van der Waals surface area (Å²) in [6.45, 7) is 6.55. The van der Waals surface area contributed by atoms with Crippen LogP contribution in [0.3, 0.4) is 0 Å². The number of carbonyl (C=O) groups excluding carboxylic acids is 1. The normalized spacial score (nSPS) is 12.3. The molecule has 1 aromatic carbocycles. The maximum absolute atomic E-state index is 12.1. The van der Waals surface area contributed by atoms with Crippen LogP contribution in [0.2, 0.25) is 0 Å². The van der Waals surface area contributed by atoms with Gasteiger partial charge in [0, 0.05) is 23.8 Å². The van der Waals surface area contributed by atoms with Crippen LogP contribution in [0.1, 0.15) is 36.7 Å². The highest BCUT2D eigenvalue weighted by Crippen LogP contribution is 2.08. The van der Waals surface area contributed by atoms with E-state index in [1.807, 2.05) is 31.2 Å². The number of hydrogen-bond donors (Lipinski definition) is 1. The molecule has 0 saturated carbocycles. The predicted molar refractivity (Wildman–Crippen MR) is 92.6 cm³/mol. The lowest BCUT2D eigenvalue weighted by molar-refractivity contribution is -0.118. The molecule has 1 N–H and O–H groups in total. The average Bonchev–Trinajstić information content (AvgIpc) is 2.92. The van der Waals surface area contributed by atoms with Crippen molar-refractivity contribution in [3.8, 4) is 0 Å². The minimum atomic E-state index is -1.37. The number of rotatable bonds is 8. The Kier molecular flexibility index (Phi) is 6.66. The van der Waals surface area contributed by atoms with Gasteiger partial charge in [-0.2, -0.15) is 4.98 Å². The fraction of sp³-hybridized carbons (Fsp3) is 0.471. The molecule has 2 aromatic rings. The van der Waals surface area contributed by atoms with Gasteiger partial charge in [-0.1, -0.05) is 43.3 Å². The molecule has 6 nitrogen and oxygen atoms in total. The minimum Gasteiger partial charge on any atom is -0.351 e. The first kappa shape index (κ1) is 18.3. The molecule has 0 radical (unpaired) electrons. The topological polar surface area (TPSA) is 85.1 Å². The van der Waals surface area contributed by atoms with E-state index in [1.54, 1.807) is 0 Å². The van der Waals surface area contributed by atoms with Gasteiger partial charge in [0.15, 0.2) is 5.82 Å². The van der Waals surface area contributed by atoms with Crippen LogP contribution in [0.25, 0.3) is 0 Å². The van der Waals surface area contributed by atoms with Crippen LogP contribution in [0.5, 0.6) is 0 Å². The molecule has 0 unspecified atom stereocenters. The van der Waals surface area contributed by atoms with Gasteiger partial charge in [0.2, 0.25) is 11.8 Å². The summed E-state index contributed by atoms with van der Waals surface area (Å²) < 4.78 is 17.1. The van der Waals surface area contributed by atoms with Gasteiger partial charge < -0.3 is 9.84 Å². The molecule has 24 heavy (non-hydrogen) atoms. The molecule has 1 aromatic heterocycles. The van der Waals surface area contributed by atoms with E-state index in [-0.39, 0.29) is 17.4 Å². The number of nitrogens with one attached hydrogen (secondary N) is 1. The summed E-state index contributed by atoms with van der Waals surface area (Å²) in [4.78, 5) is 16.1. The molecular formula is C17H23N3O3S. The average molecular weight is 349 g/mol. The van der Waals surface area contributed by atoms with Crippen LogP contribution in [0, 0.1) is 12.8 Å². The zero-order valence-corrected chi connectivity index (χ0v) is 15.1. The van der Waals surface area contributed by atoms with Gasteiger partial charge in [0.05, 0.1) is 0 Å². The third-order valence-corrected chi connectivity index (χ3v) is 4.57. The van der Waals surface area contributed by atoms with Crippen LogP contribution < -0.4 is 5.32 Å². The van der Waals surface area contributed by atoms with Crippen LogP contribution in [-0.4, -0.2) is 26.0 Å². The summed E-state index contributed by atoms with van der Waals surface area (Å²) in [5.74, 6) is 1.12. The van der Waals surface area contributed by atoms with Crippen molar-refractivity contribution in [1.82, 2.24) is 15.5 Å². The highest BCUT2D eigenvalue weighted by atomic mass is 32.2. The van der Waals surface area contributed by atoms with Gasteiger partial charge >= 0.3 is 0 Å². The standard InChI is InChI=1S/C17H23N3O3S/c1-12(2)8-15-19-17(23-20-15)11-24(22)10-16(21)18-9-14-7-5-4-6-13(14)3/h4-7,12H,8-11H2,1-3H3,(H,18,21)/t24-/m1/s1. The lowest BCUT2D eigenvalue weighted by atomic mass is 10.1. The first-order chi connectivity index (χ1) is 11.4. The zero-order chi connectivity index (χ0) is 17.5. The Morgan fingerprint density at radius 1 is 1.33 bits per heavy atom. The molecule has 1 amide bonds. The number of aromatic nitrogens is 2. The van der Waals surface area contributed by atoms with Crippen molar-refractivity contribution in [3.05, 3.63) is 47.1 Å². The van der Waals surface area contributed by atoms with Gasteiger partial charge in [0.25, 0.3) is 0 Å². The Balaban J connectivity index is 1.78. The van der Waals surface area contributed by atoms with E-state index in [1.165, 1.54) is 0 Å². The van der Waals surface area contributed by atoms with E-state index in [0.717, 1.165) is 11.1 Å². The van der Waals surface area contributed by atoms with E-state index >= 15 is 0 Å². The molecule has 0 aliphatic heterocycles. The fourth-order valence-corrected chi connectivity index (χ4v) is 3.07. The van der Waals surface area contributed by atoms with Crippen molar-refractivity contribution in [2.24, 2.45) is 5.92 Å². The molecule has 1 atom stereocenters. The van der Waals surface area contributed by atoms with Crippen LogP contribution in [0.4, 0.5) is 0 Å². The largest absolute Gasteiger partial charge is 0.351 e. The number of benzene rings is 1. The smallest absolute Gasteiger partial charge is 0.239 e. The second-order valence-corrected chi connectivity index (χ2v) is 7.59. The first-order valence-corrected chi connectivity index (χ1v) is 9.40. The van der Waals surface area contributed by atoms with Crippen LogP contribution in [0.15, 0.2) is 28.8 Å². The van der Waals surface area contributed by atoms with Crippen molar-refractivity contribution in [2.45, 2.75) is 39.5 Å². The second kappa shape index (κ2) is 8.73. The highest BCUT2D eigenvalue weighted by molar-refractivity contribution is 7.84. The van der Waals surface area contributed by atoms with Crippen molar-refractivity contribution in [2.75, 3.05) is 5.75 Å². The lowest BCUT2D eigenvalue weighted by Gasteiger charge is -2.07. The minimum absolute atomic E-state index is 0.0756. The van der Waals surface area contributed by atoms with E-state index in [9.17, 15) is 9.00 Å². The Bertz CT molecular complexity index is 713. The third-order valence-electron chi connectivity index (χ3n) is 3.41. The van der Waals surface area contributed by atoms with Gasteiger partial charge in [-0.15, -0.1) is 0 Å². The molecule has 7 heteroatoms. The van der Waals surface area contributed by atoms with Crippen LogP contribution >= 0.6 is 0 Å². The Hall–Kier alpha value is -2.02. The quantitative estimate of drug-likeness (QED) is 0.789. The van der Waals surface area contributed by atoms with Gasteiger partial charge in [-0.05, 0) is 24.0 Å². The maximum atomic E-state index is 12.1. The summed E-state index contributed by atoms with van der Waals surface area (Å²) in [5.41, 5.74) is 2.16.